The second-order valence-corrected chi connectivity index (χ2v) is 6.30. The maximum atomic E-state index is 12.5. The number of imide groups is 1. The Kier molecular flexibility index (Phi) is 4.04. The van der Waals surface area contributed by atoms with Crippen LogP contribution in [0.4, 0.5) is 5.82 Å². The molecule has 7 nitrogen and oxygen atoms in total. The number of pyridine rings is 2. The number of benzene rings is 1. The Hall–Kier alpha value is -3.74. The summed E-state index contributed by atoms with van der Waals surface area (Å²) >= 11 is 0. The highest BCUT2D eigenvalue weighted by Crippen LogP contribution is 2.23. The number of aryl methyl sites for hydroxylation is 2. The number of hydrogen-bond acceptors (Lipinski definition) is 5. The Bertz CT molecular complexity index is 1120. The Morgan fingerprint density at radius 3 is 2.44 bits per heavy atom. The number of nitrogens with one attached hydrogen (secondary N) is 1. The van der Waals surface area contributed by atoms with E-state index in [0.29, 0.717) is 5.69 Å². The number of nitrogens with two attached hydrogens (primary N) is 1. The summed E-state index contributed by atoms with van der Waals surface area (Å²) in [5.74, 6) is -1.22. The molecule has 1 aliphatic heterocycles. The number of amides is 2. The van der Waals surface area contributed by atoms with Gasteiger partial charge in [-0.2, -0.15) is 0 Å². The summed E-state index contributed by atoms with van der Waals surface area (Å²) in [6.45, 7) is 0. The standard InChI is InChI=1S/C20H16N4O3/c21-18-17-15(19(26)23-20(17)27)11-16(25)24(18)14-3-1-2-13(10-14)5-4-12-6-8-22-9-7-12/h1-3,6-11H,4-5,21H2,(H,23,26,27). The van der Waals surface area contributed by atoms with E-state index in [9.17, 15) is 14.4 Å². The van der Waals surface area contributed by atoms with E-state index in [0.717, 1.165) is 24.5 Å². The minimum Gasteiger partial charge on any atom is -0.384 e. The second-order valence-electron chi connectivity index (χ2n) is 6.30. The van der Waals surface area contributed by atoms with Crippen LogP contribution < -0.4 is 16.6 Å². The molecule has 7 heteroatoms. The molecule has 0 spiro atoms. The molecule has 0 aliphatic carbocycles. The van der Waals surface area contributed by atoms with Gasteiger partial charge in [0.25, 0.3) is 17.4 Å². The summed E-state index contributed by atoms with van der Waals surface area (Å²) in [5.41, 5.74) is 8.43. The Morgan fingerprint density at radius 2 is 1.67 bits per heavy atom. The Balaban J connectivity index is 1.71. The second kappa shape index (κ2) is 6.53. The SMILES string of the molecule is Nc1c2c(cc(=O)n1-c1cccc(CCc3ccncc3)c1)C(=O)NC2=O. The number of anilines is 1. The highest BCUT2D eigenvalue weighted by molar-refractivity contribution is 6.23. The first-order chi connectivity index (χ1) is 13.0. The fraction of sp³-hybridized carbons (Fsp3) is 0.100. The van der Waals surface area contributed by atoms with Crippen molar-refractivity contribution in [2.75, 3.05) is 5.73 Å². The molecule has 3 N–H and O–H groups in total. The van der Waals surface area contributed by atoms with Crippen LogP contribution in [-0.2, 0) is 12.8 Å². The van der Waals surface area contributed by atoms with Crippen LogP contribution in [0.1, 0.15) is 31.8 Å². The Morgan fingerprint density at radius 1 is 0.926 bits per heavy atom. The van der Waals surface area contributed by atoms with E-state index in [4.69, 9.17) is 5.73 Å². The summed E-state index contributed by atoms with van der Waals surface area (Å²) in [7, 11) is 0. The number of carbonyl (C=O) groups excluding carboxylic acids is 2. The third kappa shape index (κ3) is 2.99. The van der Waals surface area contributed by atoms with Crippen LogP contribution >= 0.6 is 0 Å². The highest BCUT2D eigenvalue weighted by atomic mass is 16.2. The molecule has 3 heterocycles. The lowest BCUT2D eigenvalue weighted by atomic mass is 10.0. The predicted molar refractivity (Wildman–Crippen MR) is 99.9 cm³/mol. The summed E-state index contributed by atoms with van der Waals surface area (Å²) in [4.78, 5) is 40.3. The van der Waals surface area contributed by atoms with Crippen molar-refractivity contribution in [3.8, 4) is 5.69 Å². The zero-order valence-corrected chi connectivity index (χ0v) is 14.3. The minimum atomic E-state index is -0.600. The van der Waals surface area contributed by atoms with Gasteiger partial charge in [-0.3, -0.25) is 29.3 Å². The van der Waals surface area contributed by atoms with Crippen LogP contribution in [0.5, 0.6) is 0 Å². The molecule has 0 atom stereocenters. The van der Waals surface area contributed by atoms with Gasteiger partial charge in [0.05, 0.1) is 16.8 Å². The van der Waals surface area contributed by atoms with Crippen LogP contribution in [0.2, 0.25) is 0 Å². The van der Waals surface area contributed by atoms with Crippen LogP contribution in [0, 0.1) is 0 Å². The van der Waals surface area contributed by atoms with Gasteiger partial charge in [0.15, 0.2) is 0 Å². The molecule has 27 heavy (non-hydrogen) atoms. The van der Waals surface area contributed by atoms with Crippen molar-refractivity contribution in [1.29, 1.82) is 0 Å². The molecule has 2 amide bonds. The average Bonchev–Trinajstić information content (AvgIpc) is 2.95. The fourth-order valence-electron chi connectivity index (χ4n) is 3.23. The molecule has 1 aromatic carbocycles. The molecule has 3 aromatic rings. The number of nitrogens with zero attached hydrogens (tertiary/aromatic N) is 2. The average molecular weight is 360 g/mol. The lowest BCUT2D eigenvalue weighted by Crippen LogP contribution is -2.24. The minimum absolute atomic E-state index is 0.0209. The number of rotatable bonds is 4. The van der Waals surface area contributed by atoms with E-state index in [1.54, 1.807) is 18.5 Å². The number of carbonyl (C=O) groups is 2. The van der Waals surface area contributed by atoms with Crippen molar-refractivity contribution in [3.63, 3.8) is 0 Å². The topological polar surface area (TPSA) is 107 Å². The summed E-state index contributed by atoms with van der Waals surface area (Å²) in [6, 6.07) is 12.5. The van der Waals surface area contributed by atoms with Gasteiger partial charge in [0, 0.05) is 18.5 Å². The number of hydrogen-bond donors (Lipinski definition) is 2. The maximum absolute atomic E-state index is 12.5. The predicted octanol–water partition coefficient (Wildman–Crippen LogP) is 1.48. The first kappa shape index (κ1) is 16.7. The molecule has 0 radical (unpaired) electrons. The molecule has 0 unspecified atom stereocenters. The molecule has 2 aromatic heterocycles. The zero-order chi connectivity index (χ0) is 19.0. The van der Waals surface area contributed by atoms with Crippen LogP contribution in [0.3, 0.4) is 0 Å². The van der Waals surface area contributed by atoms with Gasteiger partial charge < -0.3 is 5.73 Å². The van der Waals surface area contributed by atoms with E-state index >= 15 is 0 Å². The van der Waals surface area contributed by atoms with E-state index in [1.807, 2.05) is 30.3 Å². The van der Waals surface area contributed by atoms with Crippen molar-refractivity contribution in [1.82, 2.24) is 14.9 Å². The van der Waals surface area contributed by atoms with Crippen molar-refractivity contribution < 1.29 is 9.59 Å². The van der Waals surface area contributed by atoms with Gasteiger partial charge in [-0.25, -0.2) is 0 Å². The quantitative estimate of drug-likeness (QED) is 0.686. The molecule has 0 fully saturated rings. The van der Waals surface area contributed by atoms with Crippen LogP contribution in [-0.4, -0.2) is 21.4 Å². The monoisotopic (exact) mass is 360 g/mol. The molecule has 0 bridgehead atoms. The molecular weight excluding hydrogens is 344 g/mol. The molecule has 0 saturated heterocycles. The van der Waals surface area contributed by atoms with E-state index in [-0.39, 0.29) is 16.9 Å². The van der Waals surface area contributed by atoms with Gasteiger partial charge in [-0.1, -0.05) is 12.1 Å². The zero-order valence-electron chi connectivity index (χ0n) is 14.3. The summed E-state index contributed by atoms with van der Waals surface area (Å²) in [6.07, 6.45) is 5.11. The lowest BCUT2D eigenvalue weighted by Gasteiger charge is -2.13. The molecule has 134 valence electrons. The van der Waals surface area contributed by atoms with E-state index in [1.165, 1.54) is 10.1 Å². The Labute approximate surface area is 154 Å². The third-order valence-electron chi connectivity index (χ3n) is 4.57. The van der Waals surface area contributed by atoms with E-state index < -0.39 is 17.4 Å². The molecular formula is C20H16N4O3. The van der Waals surface area contributed by atoms with Crippen molar-refractivity contribution in [2.24, 2.45) is 0 Å². The van der Waals surface area contributed by atoms with Gasteiger partial charge in [-0.15, -0.1) is 0 Å². The van der Waals surface area contributed by atoms with E-state index in [2.05, 4.69) is 10.3 Å². The third-order valence-corrected chi connectivity index (χ3v) is 4.57. The smallest absolute Gasteiger partial charge is 0.262 e. The van der Waals surface area contributed by atoms with Crippen LogP contribution in [0.25, 0.3) is 5.69 Å². The van der Waals surface area contributed by atoms with Crippen molar-refractivity contribution in [3.05, 3.63) is 87.5 Å². The molecule has 1 aliphatic rings. The van der Waals surface area contributed by atoms with Crippen molar-refractivity contribution >= 4 is 17.6 Å². The lowest BCUT2D eigenvalue weighted by molar-refractivity contribution is 0.0880. The van der Waals surface area contributed by atoms with Gasteiger partial charge in [-0.05, 0) is 48.2 Å². The first-order valence-electron chi connectivity index (χ1n) is 8.44. The number of nitrogen functional groups attached to an aromatic ring is 1. The fourth-order valence-corrected chi connectivity index (χ4v) is 3.23. The first-order valence-corrected chi connectivity index (χ1v) is 8.44. The van der Waals surface area contributed by atoms with Gasteiger partial charge in [0.1, 0.15) is 5.82 Å². The number of aromatic nitrogens is 2. The number of fused-ring (bicyclic) bond motifs is 1. The van der Waals surface area contributed by atoms with Gasteiger partial charge >= 0.3 is 0 Å². The summed E-state index contributed by atoms with van der Waals surface area (Å²) in [5, 5.41) is 2.16. The maximum Gasteiger partial charge on any atom is 0.262 e. The molecule has 0 saturated carbocycles. The highest BCUT2D eigenvalue weighted by Gasteiger charge is 2.31. The largest absolute Gasteiger partial charge is 0.384 e. The normalized spacial score (nSPS) is 12.7. The van der Waals surface area contributed by atoms with Gasteiger partial charge in [0.2, 0.25) is 0 Å². The van der Waals surface area contributed by atoms with Crippen molar-refractivity contribution in [2.45, 2.75) is 12.8 Å². The summed E-state index contributed by atoms with van der Waals surface area (Å²) < 4.78 is 1.26. The molecule has 4 rings (SSSR count). The van der Waals surface area contributed by atoms with Crippen LogP contribution in [0.15, 0.2) is 59.7 Å².